The lowest BCUT2D eigenvalue weighted by Gasteiger charge is -2.24. The first kappa shape index (κ1) is 13.4. The first-order valence-electron chi connectivity index (χ1n) is 5.50. The number of carbonyl (C=O) groups is 1. The molecular formula is C10H18O5S. The van der Waals surface area contributed by atoms with Gasteiger partial charge in [0.05, 0.1) is 5.92 Å². The molecule has 1 rings (SSSR count). The molecule has 1 saturated carbocycles. The Balaban J connectivity index is 2.25. The summed E-state index contributed by atoms with van der Waals surface area (Å²) in [5, 5.41) is 0. The third kappa shape index (κ3) is 4.94. The predicted molar refractivity (Wildman–Crippen MR) is 58.5 cm³/mol. The van der Waals surface area contributed by atoms with Gasteiger partial charge in [-0.25, -0.2) is 0 Å². The van der Waals surface area contributed by atoms with Crippen molar-refractivity contribution < 1.29 is 22.5 Å². The average molecular weight is 250 g/mol. The summed E-state index contributed by atoms with van der Waals surface area (Å²) >= 11 is 0. The molecule has 5 nitrogen and oxygen atoms in total. The molecule has 0 aromatic carbocycles. The Labute approximate surface area is 95.9 Å². The summed E-state index contributed by atoms with van der Waals surface area (Å²) in [5.74, 6) is -0.308. The van der Waals surface area contributed by atoms with Gasteiger partial charge in [-0.1, -0.05) is 6.92 Å². The van der Waals surface area contributed by atoms with E-state index in [-0.39, 0.29) is 18.5 Å². The minimum Gasteiger partial charge on any atom is -0.464 e. The van der Waals surface area contributed by atoms with E-state index in [1.54, 1.807) is 0 Å². The second-order valence-corrected chi connectivity index (χ2v) is 5.98. The molecule has 6 heteroatoms. The van der Waals surface area contributed by atoms with Crippen LogP contribution in [-0.4, -0.2) is 31.3 Å². The largest absolute Gasteiger partial charge is 0.464 e. The van der Waals surface area contributed by atoms with Gasteiger partial charge in [-0.2, -0.15) is 8.42 Å². The van der Waals surface area contributed by atoms with E-state index in [2.05, 4.69) is 6.92 Å². The summed E-state index contributed by atoms with van der Waals surface area (Å²) in [4.78, 5) is 11.5. The van der Waals surface area contributed by atoms with Crippen LogP contribution in [0.25, 0.3) is 0 Å². The maximum absolute atomic E-state index is 11.5. The van der Waals surface area contributed by atoms with E-state index >= 15 is 0 Å². The summed E-state index contributed by atoms with van der Waals surface area (Å²) in [6.45, 7) is 1.89. The van der Waals surface area contributed by atoms with E-state index < -0.39 is 15.9 Å². The summed E-state index contributed by atoms with van der Waals surface area (Å²) in [7, 11) is -4.04. The Morgan fingerprint density at radius 2 is 1.88 bits per heavy atom. The topological polar surface area (TPSA) is 80.7 Å². The van der Waals surface area contributed by atoms with Gasteiger partial charge in [-0.3, -0.25) is 9.35 Å². The van der Waals surface area contributed by atoms with E-state index in [0.717, 1.165) is 25.7 Å². The molecule has 16 heavy (non-hydrogen) atoms. The van der Waals surface area contributed by atoms with Crippen molar-refractivity contribution in [3.63, 3.8) is 0 Å². The first-order chi connectivity index (χ1) is 7.38. The van der Waals surface area contributed by atoms with E-state index in [1.807, 2.05) is 0 Å². The summed E-state index contributed by atoms with van der Waals surface area (Å²) in [6, 6.07) is 0. The fourth-order valence-electron chi connectivity index (χ4n) is 1.86. The highest BCUT2D eigenvalue weighted by Gasteiger charge is 2.25. The Morgan fingerprint density at radius 3 is 2.38 bits per heavy atom. The molecule has 0 aromatic rings. The second kappa shape index (κ2) is 5.63. The number of carbonyl (C=O) groups excluding carboxylic acids is 1. The van der Waals surface area contributed by atoms with Crippen LogP contribution >= 0.6 is 0 Å². The van der Waals surface area contributed by atoms with Gasteiger partial charge in [0, 0.05) is 0 Å². The summed E-state index contributed by atoms with van der Waals surface area (Å²) in [6.07, 6.45) is 3.65. The lowest BCUT2D eigenvalue weighted by atomic mass is 9.83. The zero-order chi connectivity index (χ0) is 12.2. The van der Waals surface area contributed by atoms with E-state index in [1.165, 1.54) is 0 Å². The molecule has 1 N–H and O–H groups in total. The van der Waals surface area contributed by atoms with Gasteiger partial charge >= 0.3 is 5.97 Å². The standard InChI is InChI=1S/C10H18O5S/c1-8-2-4-9(5-3-8)10(11)15-6-7-16(12,13)14/h8-9H,2-7H2,1H3,(H,12,13,14). The molecule has 0 aliphatic heterocycles. The molecule has 0 saturated heterocycles. The smallest absolute Gasteiger partial charge is 0.308 e. The van der Waals surface area contributed by atoms with E-state index in [0.29, 0.717) is 5.92 Å². The molecule has 0 unspecified atom stereocenters. The van der Waals surface area contributed by atoms with Crippen molar-refractivity contribution in [1.29, 1.82) is 0 Å². The molecule has 0 spiro atoms. The molecule has 1 aliphatic carbocycles. The second-order valence-electron chi connectivity index (χ2n) is 4.41. The molecule has 0 heterocycles. The van der Waals surface area contributed by atoms with Crippen LogP contribution in [0.1, 0.15) is 32.6 Å². The number of ether oxygens (including phenoxy) is 1. The van der Waals surface area contributed by atoms with Crippen LogP contribution in [0.5, 0.6) is 0 Å². The lowest BCUT2D eigenvalue weighted by Crippen LogP contribution is -2.24. The number of rotatable bonds is 4. The van der Waals surface area contributed by atoms with Gasteiger partial charge in [-0.05, 0) is 31.6 Å². The van der Waals surface area contributed by atoms with Gasteiger partial charge in [0.15, 0.2) is 0 Å². The third-order valence-corrected chi connectivity index (χ3v) is 3.62. The van der Waals surface area contributed by atoms with Crippen LogP contribution in [0.4, 0.5) is 0 Å². The minimum absolute atomic E-state index is 0.0994. The van der Waals surface area contributed by atoms with Crippen molar-refractivity contribution in [3.05, 3.63) is 0 Å². The number of hydrogen-bond donors (Lipinski definition) is 1. The number of esters is 1. The van der Waals surface area contributed by atoms with Gasteiger partial charge in [0.25, 0.3) is 10.1 Å². The Hall–Kier alpha value is -0.620. The molecule has 0 aromatic heterocycles. The van der Waals surface area contributed by atoms with Crippen LogP contribution in [0, 0.1) is 11.8 Å². The molecule has 0 radical (unpaired) electrons. The SMILES string of the molecule is CC1CCC(C(=O)OCCS(=O)(=O)O)CC1. The van der Waals surface area contributed by atoms with Crippen molar-refractivity contribution in [2.24, 2.45) is 11.8 Å². The first-order valence-corrected chi connectivity index (χ1v) is 7.11. The van der Waals surface area contributed by atoms with Crippen LogP contribution in [-0.2, 0) is 19.6 Å². The highest BCUT2D eigenvalue weighted by molar-refractivity contribution is 7.85. The van der Waals surface area contributed by atoms with Gasteiger partial charge < -0.3 is 4.74 Å². The lowest BCUT2D eigenvalue weighted by molar-refractivity contribution is -0.149. The fourth-order valence-corrected chi connectivity index (χ4v) is 2.16. The summed E-state index contributed by atoms with van der Waals surface area (Å²) < 4.78 is 34.1. The Kier molecular flexibility index (Phi) is 4.73. The van der Waals surface area contributed by atoms with E-state index in [9.17, 15) is 13.2 Å². The normalized spacial score (nSPS) is 26.4. The van der Waals surface area contributed by atoms with Crippen molar-refractivity contribution >= 4 is 16.1 Å². The van der Waals surface area contributed by atoms with Crippen molar-refractivity contribution in [1.82, 2.24) is 0 Å². The van der Waals surface area contributed by atoms with Gasteiger partial charge in [0.2, 0.25) is 0 Å². The fraction of sp³-hybridized carbons (Fsp3) is 0.900. The molecule has 1 aliphatic rings. The quantitative estimate of drug-likeness (QED) is 0.600. The van der Waals surface area contributed by atoms with Crippen molar-refractivity contribution in [3.8, 4) is 0 Å². The summed E-state index contributed by atoms with van der Waals surface area (Å²) in [5.41, 5.74) is 0. The molecule has 0 bridgehead atoms. The highest BCUT2D eigenvalue weighted by Crippen LogP contribution is 2.28. The van der Waals surface area contributed by atoms with Crippen LogP contribution in [0.15, 0.2) is 0 Å². The van der Waals surface area contributed by atoms with Crippen LogP contribution < -0.4 is 0 Å². The van der Waals surface area contributed by atoms with Crippen LogP contribution in [0.2, 0.25) is 0 Å². The Morgan fingerprint density at radius 1 is 1.31 bits per heavy atom. The van der Waals surface area contributed by atoms with Gasteiger partial charge in [0.1, 0.15) is 12.4 Å². The molecule has 0 amide bonds. The number of hydrogen-bond acceptors (Lipinski definition) is 4. The maximum atomic E-state index is 11.5. The van der Waals surface area contributed by atoms with Crippen molar-refractivity contribution in [2.45, 2.75) is 32.6 Å². The maximum Gasteiger partial charge on any atom is 0.308 e. The molecule has 94 valence electrons. The van der Waals surface area contributed by atoms with Crippen molar-refractivity contribution in [2.75, 3.05) is 12.4 Å². The molecular weight excluding hydrogens is 232 g/mol. The van der Waals surface area contributed by atoms with E-state index in [4.69, 9.17) is 9.29 Å². The highest BCUT2D eigenvalue weighted by atomic mass is 32.2. The molecule has 1 fully saturated rings. The zero-order valence-electron chi connectivity index (χ0n) is 9.39. The zero-order valence-corrected chi connectivity index (χ0v) is 10.2. The Bertz CT molecular complexity index is 327. The molecule has 0 atom stereocenters. The monoisotopic (exact) mass is 250 g/mol. The average Bonchev–Trinajstić information content (AvgIpc) is 2.16. The third-order valence-electron chi connectivity index (χ3n) is 2.93. The minimum atomic E-state index is -4.04. The van der Waals surface area contributed by atoms with Crippen LogP contribution in [0.3, 0.4) is 0 Å². The predicted octanol–water partition coefficient (Wildman–Crippen LogP) is 1.24. The van der Waals surface area contributed by atoms with Gasteiger partial charge in [-0.15, -0.1) is 0 Å².